The van der Waals surface area contributed by atoms with E-state index in [-0.39, 0.29) is 6.61 Å². The lowest BCUT2D eigenvalue weighted by Crippen LogP contribution is -2.35. The number of furan rings is 2. The van der Waals surface area contributed by atoms with Gasteiger partial charge in [0.05, 0.1) is 32.7 Å². The minimum Gasteiger partial charge on any atom is -0.493 e. The molecule has 2 aromatic heterocycles. The van der Waals surface area contributed by atoms with Crippen molar-refractivity contribution in [1.82, 2.24) is 4.90 Å². The molecule has 0 amide bonds. The largest absolute Gasteiger partial charge is 0.493 e. The molecule has 154 valence electrons. The maximum atomic E-state index is 10.6. The highest BCUT2D eigenvalue weighted by atomic mass is 16.5. The molecule has 0 radical (unpaired) electrons. The molecular weight excluding hydrogens is 370 g/mol. The number of aliphatic hydroxyl groups excluding tert-OH is 1. The summed E-state index contributed by atoms with van der Waals surface area (Å²) in [5, 5.41) is 10.6. The molecule has 2 heterocycles. The summed E-state index contributed by atoms with van der Waals surface area (Å²) >= 11 is 0. The highest BCUT2D eigenvalue weighted by Crippen LogP contribution is 2.28. The van der Waals surface area contributed by atoms with E-state index in [4.69, 9.17) is 18.3 Å². The van der Waals surface area contributed by atoms with E-state index in [1.807, 2.05) is 61.5 Å². The maximum Gasteiger partial charge on any atom is 0.161 e. The molecule has 0 saturated carbocycles. The minimum atomic E-state index is -0.695. The molecular formula is C23H27NO5. The third-order valence-electron chi connectivity index (χ3n) is 4.37. The van der Waals surface area contributed by atoms with Crippen molar-refractivity contribution in [3.63, 3.8) is 0 Å². The Balaban J connectivity index is 1.60. The zero-order valence-corrected chi connectivity index (χ0v) is 16.8. The number of ether oxygens (including phenoxy) is 2. The van der Waals surface area contributed by atoms with Gasteiger partial charge in [0.25, 0.3) is 0 Å². The summed E-state index contributed by atoms with van der Waals surface area (Å²) in [4.78, 5) is 2.05. The van der Waals surface area contributed by atoms with E-state index in [0.717, 1.165) is 17.1 Å². The summed E-state index contributed by atoms with van der Waals surface area (Å²) < 4.78 is 22.1. The fraction of sp³-hybridized carbons (Fsp3) is 0.304. The Bertz CT molecular complexity index is 835. The van der Waals surface area contributed by atoms with Gasteiger partial charge in [-0.3, -0.25) is 4.90 Å². The average Bonchev–Trinajstić information content (AvgIpc) is 3.41. The first-order valence-corrected chi connectivity index (χ1v) is 9.56. The van der Waals surface area contributed by atoms with Crippen LogP contribution in [0.5, 0.6) is 11.5 Å². The van der Waals surface area contributed by atoms with E-state index < -0.39 is 6.10 Å². The molecule has 1 unspecified atom stereocenters. The van der Waals surface area contributed by atoms with Crippen molar-refractivity contribution in [2.75, 3.05) is 20.3 Å². The molecule has 0 saturated heterocycles. The van der Waals surface area contributed by atoms with Crippen LogP contribution in [0.1, 0.15) is 24.0 Å². The van der Waals surface area contributed by atoms with E-state index in [9.17, 15) is 5.11 Å². The number of nitrogens with zero attached hydrogens (tertiary/aromatic N) is 1. The van der Waals surface area contributed by atoms with Crippen LogP contribution >= 0.6 is 0 Å². The first-order chi connectivity index (χ1) is 14.2. The van der Waals surface area contributed by atoms with E-state index >= 15 is 0 Å². The van der Waals surface area contributed by atoms with Gasteiger partial charge < -0.3 is 23.4 Å². The van der Waals surface area contributed by atoms with Gasteiger partial charge in [0.1, 0.15) is 24.2 Å². The Hall–Kier alpha value is -2.96. The number of aliphatic hydroxyl groups is 1. The monoisotopic (exact) mass is 397 g/mol. The van der Waals surface area contributed by atoms with Gasteiger partial charge in [-0.05, 0) is 48.9 Å². The van der Waals surface area contributed by atoms with Crippen molar-refractivity contribution >= 4 is 6.08 Å². The molecule has 0 aliphatic carbocycles. The summed E-state index contributed by atoms with van der Waals surface area (Å²) in [6, 6.07) is 13.2. The average molecular weight is 397 g/mol. The number of rotatable bonds is 11. The third kappa shape index (κ3) is 6.27. The second-order valence-electron chi connectivity index (χ2n) is 6.70. The van der Waals surface area contributed by atoms with Crippen molar-refractivity contribution in [1.29, 1.82) is 0 Å². The Labute approximate surface area is 171 Å². The summed E-state index contributed by atoms with van der Waals surface area (Å²) in [6.45, 7) is 3.63. The Kier molecular flexibility index (Phi) is 7.55. The van der Waals surface area contributed by atoms with Crippen molar-refractivity contribution in [3.05, 3.63) is 78.2 Å². The first-order valence-electron chi connectivity index (χ1n) is 9.56. The lowest BCUT2D eigenvalue weighted by atomic mass is 10.2. The second-order valence-corrected chi connectivity index (χ2v) is 6.70. The molecule has 1 aromatic carbocycles. The molecule has 29 heavy (non-hydrogen) atoms. The minimum absolute atomic E-state index is 0.145. The summed E-state index contributed by atoms with van der Waals surface area (Å²) in [7, 11) is 1.60. The van der Waals surface area contributed by atoms with Gasteiger partial charge in [-0.2, -0.15) is 0 Å². The second kappa shape index (κ2) is 10.5. The van der Waals surface area contributed by atoms with Gasteiger partial charge in [0.15, 0.2) is 11.5 Å². The van der Waals surface area contributed by atoms with Gasteiger partial charge in [0, 0.05) is 6.54 Å². The number of methoxy groups -OCH3 is 1. The zero-order chi connectivity index (χ0) is 20.5. The van der Waals surface area contributed by atoms with Gasteiger partial charge in [-0.1, -0.05) is 18.2 Å². The van der Waals surface area contributed by atoms with Crippen molar-refractivity contribution in [3.8, 4) is 11.5 Å². The number of hydrogen-bond donors (Lipinski definition) is 1. The molecule has 3 aromatic rings. The molecule has 6 heteroatoms. The molecule has 0 aliphatic heterocycles. The molecule has 6 nitrogen and oxygen atoms in total. The van der Waals surface area contributed by atoms with E-state index in [1.165, 1.54) is 0 Å². The highest BCUT2D eigenvalue weighted by Gasteiger charge is 2.17. The smallest absolute Gasteiger partial charge is 0.161 e. The van der Waals surface area contributed by atoms with Crippen molar-refractivity contribution in [2.45, 2.75) is 26.1 Å². The molecule has 1 N–H and O–H groups in total. The molecule has 0 aliphatic rings. The fourth-order valence-electron chi connectivity index (χ4n) is 3.07. The number of allylic oxidation sites excluding steroid dienone is 1. The number of hydrogen-bond acceptors (Lipinski definition) is 6. The normalized spacial score (nSPS) is 12.6. The molecule has 0 spiro atoms. The summed E-state index contributed by atoms with van der Waals surface area (Å²) in [5.74, 6) is 2.89. The molecule has 0 bridgehead atoms. The Morgan fingerprint density at radius 2 is 1.72 bits per heavy atom. The predicted octanol–water partition coefficient (Wildman–Crippen LogP) is 4.36. The van der Waals surface area contributed by atoms with E-state index in [2.05, 4.69) is 4.90 Å². The summed E-state index contributed by atoms with van der Waals surface area (Å²) in [5.41, 5.74) is 1.03. The van der Waals surface area contributed by atoms with Crippen molar-refractivity contribution < 1.29 is 23.4 Å². The van der Waals surface area contributed by atoms with Crippen LogP contribution in [0.25, 0.3) is 6.08 Å². The number of benzene rings is 1. The van der Waals surface area contributed by atoms with Crippen molar-refractivity contribution in [2.24, 2.45) is 0 Å². The first kappa shape index (κ1) is 20.8. The van der Waals surface area contributed by atoms with E-state index in [0.29, 0.717) is 31.1 Å². The molecule has 0 fully saturated rings. The highest BCUT2D eigenvalue weighted by molar-refractivity contribution is 5.55. The molecule has 3 rings (SSSR count). The third-order valence-corrected chi connectivity index (χ3v) is 4.37. The topological polar surface area (TPSA) is 68.2 Å². The van der Waals surface area contributed by atoms with Gasteiger partial charge in [0.2, 0.25) is 0 Å². The summed E-state index contributed by atoms with van der Waals surface area (Å²) in [6.07, 6.45) is 6.54. The van der Waals surface area contributed by atoms with Crippen LogP contribution in [0.3, 0.4) is 0 Å². The standard InChI is InChI=1S/C23H27NO5/c1-3-6-18-9-10-22(23(13-18)26-2)29-17-19(25)14-24(15-20-7-4-11-27-20)16-21-8-5-12-28-21/h3-13,19,25H,14-17H2,1-2H3/b6-3+. The Morgan fingerprint density at radius 3 is 2.28 bits per heavy atom. The van der Waals surface area contributed by atoms with Crippen LogP contribution in [0, 0.1) is 0 Å². The van der Waals surface area contributed by atoms with Crippen LogP contribution < -0.4 is 9.47 Å². The quantitative estimate of drug-likeness (QED) is 0.519. The SMILES string of the molecule is C/C=C/c1ccc(OCC(O)CN(Cc2ccco2)Cc2ccco2)c(OC)c1. The van der Waals surface area contributed by atoms with Crippen LogP contribution in [-0.2, 0) is 13.1 Å². The fourth-order valence-corrected chi connectivity index (χ4v) is 3.07. The van der Waals surface area contributed by atoms with Crippen LogP contribution in [0.2, 0.25) is 0 Å². The van der Waals surface area contributed by atoms with Gasteiger partial charge >= 0.3 is 0 Å². The zero-order valence-electron chi connectivity index (χ0n) is 16.8. The molecule has 1 atom stereocenters. The predicted molar refractivity (Wildman–Crippen MR) is 111 cm³/mol. The lowest BCUT2D eigenvalue weighted by molar-refractivity contribution is 0.0572. The van der Waals surface area contributed by atoms with Gasteiger partial charge in [-0.25, -0.2) is 0 Å². The van der Waals surface area contributed by atoms with Crippen LogP contribution in [-0.4, -0.2) is 36.4 Å². The van der Waals surface area contributed by atoms with Gasteiger partial charge in [-0.15, -0.1) is 0 Å². The van der Waals surface area contributed by atoms with Crippen LogP contribution in [0.15, 0.2) is 69.9 Å². The maximum absolute atomic E-state index is 10.6. The van der Waals surface area contributed by atoms with Crippen LogP contribution in [0.4, 0.5) is 0 Å². The Morgan fingerprint density at radius 1 is 1.03 bits per heavy atom. The lowest BCUT2D eigenvalue weighted by Gasteiger charge is -2.23. The van der Waals surface area contributed by atoms with E-state index in [1.54, 1.807) is 19.6 Å².